The molecule has 0 spiro atoms. The maximum Gasteiger partial charge on any atom is 0.251 e. The maximum atomic E-state index is 12.6. The molecule has 0 aliphatic carbocycles. The molecule has 0 radical (unpaired) electrons. The highest BCUT2D eigenvalue weighted by Gasteiger charge is 2.22. The summed E-state index contributed by atoms with van der Waals surface area (Å²) >= 11 is 0. The van der Waals surface area contributed by atoms with Crippen LogP contribution in [0.4, 0.5) is 5.69 Å². The Morgan fingerprint density at radius 2 is 1.44 bits per heavy atom. The second kappa shape index (κ2) is 12.2. The Labute approximate surface area is 211 Å². The lowest BCUT2D eigenvalue weighted by Crippen LogP contribution is -2.30. The van der Waals surface area contributed by atoms with Crippen molar-refractivity contribution in [3.05, 3.63) is 77.9 Å². The van der Waals surface area contributed by atoms with Crippen molar-refractivity contribution in [2.75, 3.05) is 45.0 Å². The molecule has 1 N–H and O–H groups in total. The van der Waals surface area contributed by atoms with Gasteiger partial charge in [0.05, 0.1) is 46.4 Å². The molecule has 0 aliphatic heterocycles. The summed E-state index contributed by atoms with van der Waals surface area (Å²) in [6.07, 6.45) is 1.13. The fourth-order valence-corrected chi connectivity index (χ4v) is 4.30. The van der Waals surface area contributed by atoms with Crippen LogP contribution < -0.4 is 28.6 Å². The van der Waals surface area contributed by atoms with Gasteiger partial charge in [-0.3, -0.25) is 9.10 Å². The summed E-state index contributed by atoms with van der Waals surface area (Å²) in [4.78, 5) is 12.5. The summed E-state index contributed by atoms with van der Waals surface area (Å²) in [5, 5.41) is 2.80. The number of rotatable bonds is 12. The van der Waals surface area contributed by atoms with Crippen molar-refractivity contribution in [2.24, 2.45) is 0 Å². The predicted octanol–water partition coefficient (Wildman–Crippen LogP) is 3.49. The zero-order valence-corrected chi connectivity index (χ0v) is 21.5. The molecule has 1 amide bonds. The maximum absolute atomic E-state index is 12.6. The van der Waals surface area contributed by atoms with Crippen molar-refractivity contribution >= 4 is 21.6 Å². The molecule has 3 rings (SSSR count). The molecule has 0 saturated heterocycles. The SMILES string of the molecule is COc1ccc(OCCNC(=O)c2ccc(CN(c3ccc(OC)cc3OC)S(C)(=O)=O)cc2)cc1. The molecule has 36 heavy (non-hydrogen) atoms. The first-order valence-corrected chi connectivity index (χ1v) is 12.9. The average molecular weight is 515 g/mol. The number of methoxy groups -OCH3 is 3. The van der Waals surface area contributed by atoms with Crippen LogP contribution in [0.15, 0.2) is 66.7 Å². The minimum absolute atomic E-state index is 0.0686. The van der Waals surface area contributed by atoms with Crippen LogP contribution in [0.3, 0.4) is 0 Å². The number of sulfonamides is 1. The highest BCUT2D eigenvalue weighted by atomic mass is 32.2. The quantitative estimate of drug-likeness (QED) is 0.369. The molecule has 0 bridgehead atoms. The first kappa shape index (κ1) is 26.7. The van der Waals surface area contributed by atoms with E-state index >= 15 is 0 Å². The number of anilines is 1. The van der Waals surface area contributed by atoms with E-state index in [0.29, 0.717) is 47.2 Å². The van der Waals surface area contributed by atoms with Gasteiger partial charge in [0.25, 0.3) is 5.91 Å². The highest BCUT2D eigenvalue weighted by molar-refractivity contribution is 7.92. The standard InChI is InChI=1S/C26H30N2O7S/c1-32-21-9-11-22(12-10-21)35-16-15-27-26(29)20-7-5-19(6-8-20)18-28(36(4,30)31)24-14-13-23(33-2)17-25(24)34-3/h5-14,17H,15-16,18H2,1-4H3,(H,27,29). The lowest BCUT2D eigenvalue weighted by Gasteiger charge is -2.24. The number of ether oxygens (including phenoxy) is 4. The fraction of sp³-hybridized carbons (Fsp3) is 0.269. The van der Waals surface area contributed by atoms with E-state index in [9.17, 15) is 13.2 Å². The van der Waals surface area contributed by atoms with Crippen LogP contribution in [0.25, 0.3) is 0 Å². The van der Waals surface area contributed by atoms with Gasteiger partial charge in [-0.1, -0.05) is 12.1 Å². The molecule has 9 nitrogen and oxygen atoms in total. The van der Waals surface area contributed by atoms with Gasteiger partial charge in [0.15, 0.2) is 0 Å². The van der Waals surface area contributed by atoms with E-state index in [0.717, 1.165) is 12.0 Å². The van der Waals surface area contributed by atoms with Crippen LogP contribution in [0.2, 0.25) is 0 Å². The number of carbonyl (C=O) groups is 1. The largest absolute Gasteiger partial charge is 0.497 e. The van der Waals surface area contributed by atoms with Gasteiger partial charge in [0, 0.05) is 11.6 Å². The zero-order chi connectivity index (χ0) is 26.1. The molecule has 3 aromatic carbocycles. The molecule has 0 heterocycles. The minimum atomic E-state index is -3.62. The van der Waals surface area contributed by atoms with Crippen LogP contribution >= 0.6 is 0 Å². The minimum Gasteiger partial charge on any atom is -0.497 e. The van der Waals surface area contributed by atoms with Gasteiger partial charge in [0.1, 0.15) is 29.6 Å². The molecular weight excluding hydrogens is 484 g/mol. The van der Waals surface area contributed by atoms with Crippen LogP contribution in [-0.4, -0.2) is 55.1 Å². The predicted molar refractivity (Wildman–Crippen MR) is 138 cm³/mol. The second-order valence-electron chi connectivity index (χ2n) is 7.78. The summed E-state index contributed by atoms with van der Waals surface area (Å²) in [6, 6.07) is 18.8. The zero-order valence-electron chi connectivity index (χ0n) is 20.7. The summed E-state index contributed by atoms with van der Waals surface area (Å²) in [7, 11) is 0.959. The lowest BCUT2D eigenvalue weighted by molar-refractivity contribution is 0.0947. The van der Waals surface area contributed by atoms with Gasteiger partial charge >= 0.3 is 0 Å². The lowest BCUT2D eigenvalue weighted by atomic mass is 10.1. The molecule has 0 saturated carbocycles. The molecule has 0 atom stereocenters. The molecule has 192 valence electrons. The van der Waals surface area contributed by atoms with E-state index in [1.165, 1.54) is 18.5 Å². The van der Waals surface area contributed by atoms with Crippen molar-refractivity contribution in [3.8, 4) is 23.0 Å². The number of carbonyl (C=O) groups excluding carboxylic acids is 1. The van der Waals surface area contributed by atoms with Crippen LogP contribution in [-0.2, 0) is 16.6 Å². The Morgan fingerprint density at radius 3 is 2.03 bits per heavy atom. The molecular formula is C26H30N2O7S. The Bertz CT molecular complexity index is 1260. The van der Waals surface area contributed by atoms with Crippen LogP contribution in [0, 0.1) is 0 Å². The molecule has 0 aliphatic rings. The summed E-state index contributed by atoms with van der Waals surface area (Å²) < 4.78 is 47.7. The van der Waals surface area contributed by atoms with Gasteiger partial charge in [-0.25, -0.2) is 8.42 Å². The second-order valence-corrected chi connectivity index (χ2v) is 9.69. The summed E-state index contributed by atoms with van der Waals surface area (Å²) in [6.45, 7) is 0.702. The smallest absolute Gasteiger partial charge is 0.251 e. The number of benzene rings is 3. The monoisotopic (exact) mass is 514 g/mol. The van der Waals surface area contributed by atoms with Crippen molar-refractivity contribution in [1.82, 2.24) is 5.32 Å². The van der Waals surface area contributed by atoms with Crippen molar-refractivity contribution in [2.45, 2.75) is 6.54 Å². The fourth-order valence-electron chi connectivity index (χ4n) is 3.41. The highest BCUT2D eigenvalue weighted by Crippen LogP contribution is 2.34. The van der Waals surface area contributed by atoms with E-state index in [1.807, 2.05) is 0 Å². The Balaban J connectivity index is 1.61. The van der Waals surface area contributed by atoms with Gasteiger partial charge < -0.3 is 24.3 Å². The van der Waals surface area contributed by atoms with Gasteiger partial charge in [-0.15, -0.1) is 0 Å². The molecule has 0 unspecified atom stereocenters. The number of nitrogens with one attached hydrogen (secondary N) is 1. The average Bonchev–Trinajstić information content (AvgIpc) is 2.89. The van der Waals surface area contributed by atoms with E-state index < -0.39 is 10.0 Å². The molecule has 10 heteroatoms. The van der Waals surface area contributed by atoms with E-state index in [2.05, 4.69) is 5.32 Å². The van der Waals surface area contributed by atoms with Crippen LogP contribution in [0.5, 0.6) is 23.0 Å². The third kappa shape index (κ3) is 7.05. The third-order valence-electron chi connectivity index (χ3n) is 5.31. The number of nitrogens with zero attached hydrogens (tertiary/aromatic N) is 1. The van der Waals surface area contributed by atoms with Crippen molar-refractivity contribution in [3.63, 3.8) is 0 Å². The van der Waals surface area contributed by atoms with Crippen LogP contribution in [0.1, 0.15) is 15.9 Å². The number of hydrogen-bond donors (Lipinski definition) is 1. The number of hydrogen-bond acceptors (Lipinski definition) is 7. The van der Waals surface area contributed by atoms with Gasteiger partial charge in [-0.2, -0.15) is 0 Å². The summed E-state index contributed by atoms with van der Waals surface area (Å²) in [5.41, 5.74) is 1.55. The van der Waals surface area contributed by atoms with Gasteiger partial charge in [-0.05, 0) is 54.1 Å². The van der Waals surface area contributed by atoms with E-state index in [-0.39, 0.29) is 12.5 Å². The van der Waals surface area contributed by atoms with E-state index in [1.54, 1.807) is 73.8 Å². The first-order valence-electron chi connectivity index (χ1n) is 11.1. The van der Waals surface area contributed by atoms with Crippen molar-refractivity contribution < 1.29 is 32.2 Å². The van der Waals surface area contributed by atoms with Gasteiger partial charge in [0.2, 0.25) is 10.0 Å². The van der Waals surface area contributed by atoms with Crippen molar-refractivity contribution in [1.29, 1.82) is 0 Å². The normalized spacial score (nSPS) is 10.9. The Morgan fingerprint density at radius 1 is 0.833 bits per heavy atom. The first-order chi connectivity index (χ1) is 17.2. The molecule has 0 aromatic heterocycles. The number of amides is 1. The topological polar surface area (TPSA) is 103 Å². The Kier molecular flexibility index (Phi) is 9.02. The molecule has 3 aromatic rings. The summed E-state index contributed by atoms with van der Waals surface area (Å²) in [5.74, 6) is 2.08. The van der Waals surface area contributed by atoms with E-state index in [4.69, 9.17) is 18.9 Å². The third-order valence-corrected chi connectivity index (χ3v) is 6.44. The molecule has 0 fully saturated rings. The Hall–Kier alpha value is -3.92.